The van der Waals surface area contributed by atoms with Gasteiger partial charge in [0.2, 0.25) is 0 Å². The number of rotatable bonds is 7. The highest BCUT2D eigenvalue weighted by Gasteiger charge is 1.84. The van der Waals surface area contributed by atoms with Crippen LogP contribution in [0.1, 0.15) is 6.92 Å². The van der Waals surface area contributed by atoms with E-state index in [1.807, 2.05) is 6.92 Å². The third kappa shape index (κ3) is 7.46. The molecule has 0 atom stereocenters. The van der Waals surface area contributed by atoms with Crippen LogP contribution in [-0.4, -0.2) is 26.6 Å². The third-order valence-electron chi connectivity index (χ3n) is 0.834. The van der Waals surface area contributed by atoms with Crippen LogP contribution in [0.2, 0.25) is 0 Å². The van der Waals surface area contributed by atoms with Crippen molar-refractivity contribution in [3.05, 3.63) is 12.8 Å². The number of hydrogen-bond acceptors (Lipinski definition) is 3. The Morgan fingerprint density at radius 1 is 1.30 bits per heavy atom. The van der Waals surface area contributed by atoms with Gasteiger partial charge in [0.15, 0.2) is 0 Å². The number of ether oxygens (including phenoxy) is 3. The Hall–Kier alpha value is -0.540. The number of hydrogen-bond donors (Lipinski definition) is 0. The zero-order chi connectivity index (χ0) is 7.66. The summed E-state index contributed by atoms with van der Waals surface area (Å²) in [5, 5.41) is 0. The van der Waals surface area contributed by atoms with E-state index < -0.39 is 0 Å². The van der Waals surface area contributed by atoms with E-state index in [4.69, 9.17) is 14.2 Å². The molecule has 0 amide bonds. The molecule has 0 bridgehead atoms. The summed E-state index contributed by atoms with van der Waals surface area (Å²) in [7, 11) is 0. The van der Waals surface area contributed by atoms with E-state index in [2.05, 4.69) is 6.58 Å². The summed E-state index contributed by atoms with van der Waals surface area (Å²) in [6.45, 7) is 7.42. The minimum atomic E-state index is 0.344. The van der Waals surface area contributed by atoms with Gasteiger partial charge in [-0.2, -0.15) is 0 Å². The molecular weight excluding hydrogens is 132 g/mol. The minimum Gasteiger partial charge on any atom is -0.499 e. The van der Waals surface area contributed by atoms with Crippen LogP contribution in [0.25, 0.3) is 0 Å². The Labute approximate surface area is 61.6 Å². The lowest BCUT2D eigenvalue weighted by molar-refractivity contribution is -0.0591. The first-order chi connectivity index (χ1) is 4.91. The quantitative estimate of drug-likeness (QED) is 0.306. The van der Waals surface area contributed by atoms with Crippen molar-refractivity contribution in [2.24, 2.45) is 0 Å². The van der Waals surface area contributed by atoms with Crippen LogP contribution in [0.15, 0.2) is 12.8 Å². The van der Waals surface area contributed by atoms with Crippen LogP contribution in [0.3, 0.4) is 0 Å². The van der Waals surface area contributed by atoms with Crippen LogP contribution in [0.4, 0.5) is 0 Å². The topological polar surface area (TPSA) is 27.7 Å². The molecule has 0 aliphatic carbocycles. The molecule has 3 heteroatoms. The summed E-state index contributed by atoms with van der Waals surface area (Å²) >= 11 is 0. The van der Waals surface area contributed by atoms with Crippen molar-refractivity contribution in [2.75, 3.05) is 26.6 Å². The highest BCUT2D eigenvalue weighted by atomic mass is 16.7. The molecule has 0 saturated carbocycles. The van der Waals surface area contributed by atoms with E-state index in [9.17, 15) is 0 Å². The maximum atomic E-state index is 4.98. The highest BCUT2D eigenvalue weighted by molar-refractivity contribution is 4.47. The van der Waals surface area contributed by atoms with Crippen molar-refractivity contribution < 1.29 is 14.2 Å². The molecule has 0 fully saturated rings. The van der Waals surface area contributed by atoms with Gasteiger partial charge in [-0.1, -0.05) is 6.58 Å². The van der Waals surface area contributed by atoms with Gasteiger partial charge in [-0.15, -0.1) is 0 Å². The molecule has 0 heterocycles. The molecule has 0 aliphatic rings. The summed E-state index contributed by atoms with van der Waals surface area (Å²) in [5.74, 6) is 0. The molecule has 0 spiro atoms. The van der Waals surface area contributed by atoms with E-state index in [1.54, 1.807) is 0 Å². The van der Waals surface area contributed by atoms with E-state index >= 15 is 0 Å². The predicted molar refractivity (Wildman–Crippen MR) is 38.6 cm³/mol. The minimum absolute atomic E-state index is 0.344. The average molecular weight is 146 g/mol. The van der Waals surface area contributed by atoms with Crippen molar-refractivity contribution in [3.63, 3.8) is 0 Å². The molecule has 0 N–H and O–H groups in total. The largest absolute Gasteiger partial charge is 0.499 e. The fraction of sp³-hybridized carbons (Fsp3) is 0.714. The summed E-state index contributed by atoms with van der Waals surface area (Å²) in [6, 6.07) is 0. The van der Waals surface area contributed by atoms with Crippen LogP contribution in [0.5, 0.6) is 0 Å². The standard InChI is InChI=1S/C7H14O3/c1-3-8-5-6-10-7-9-4-2/h3H,1,4-7H2,2H3. The zero-order valence-electron chi connectivity index (χ0n) is 6.34. The van der Waals surface area contributed by atoms with Gasteiger partial charge >= 0.3 is 0 Å². The van der Waals surface area contributed by atoms with Gasteiger partial charge < -0.3 is 14.2 Å². The van der Waals surface area contributed by atoms with Gasteiger partial charge in [-0.25, -0.2) is 0 Å². The van der Waals surface area contributed by atoms with E-state index in [1.165, 1.54) is 6.26 Å². The molecule has 10 heavy (non-hydrogen) atoms. The van der Waals surface area contributed by atoms with Crippen molar-refractivity contribution in [1.29, 1.82) is 0 Å². The molecule has 60 valence electrons. The van der Waals surface area contributed by atoms with Crippen LogP contribution >= 0.6 is 0 Å². The maximum Gasteiger partial charge on any atom is 0.146 e. The molecule has 0 radical (unpaired) electrons. The van der Waals surface area contributed by atoms with Crippen LogP contribution in [-0.2, 0) is 14.2 Å². The summed E-state index contributed by atoms with van der Waals surface area (Å²) in [4.78, 5) is 0. The third-order valence-corrected chi connectivity index (χ3v) is 0.834. The fourth-order valence-corrected chi connectivity index (χ4v) is 0.392. The maximum absolute atomic E-state index is 4.98. The Kier molecular flexibility index (Phi) is 8.00. The molecule has 0 aromatic rings. The van der Waals surface area contributed by atoms with Gasteiger partial charge in [-0.3, -0.25) is 0 Å². The highest BCUT2D eigenvalue weighted by Crippen LogP contribution is 1.79. The second-order valence-electron chi connectivity index (χ2n) is 1.56. The lowest BCUT2D eigenvalue weighted by Crippen LogP contribution is -2.04. The van der Waals surface area contributed by atoms with Crippen molar-refractivity contribution in [3.8, 4) is 0 Å². The Bertz CT molecular complexity index is 73.3. The first kappa shape index (κ1) is 9.46. The second-order valence-corrected chi connectivity index (χ2v) is 1.56. The fourth-order valence-electron chi connectivity index (χ4n) is 0.392. The van der Waals surface area contributed by atoms with E-state index in [0.29, 0.717) is 26.6 Å². The lowest BCUT2D eigenvalue weighted by atomic mass is 10.8. The van der Waals surface area contributed by atoms with Gasteiger partial charge in [-0.05, 0) is 6.92 Å². The lowest BCUT2D eigenvalue weighted by Gasteiger charge is -2.02. The Balaban J connectivity index is 2.70. The van der Waals surface area contributed by atoms with Crippen molar-refractivity contribution in [2.45, 2.75) is 6.92 Å². The van der Waals surface area contributed by atoms with Gasteiger partial charge in [0.05, 0.1) is 12.9 Å². The van der Waals surface area contributed by atoms with E-state index in [0.717, 1.165) is 0 Å². The molecule has 0 aliphatic heterocycles. The molecular formula is C7H14O3. The monoisotopic (exact) mass is 146 g/mol. The molecule has 0 aromatic carbocycles. The van der Waals surface area contributed by atoms with Gasteiger partial charge in [0, 0.05) is 6.61 Å². The summed E-state index contributed by atoms with van der Waals surface area (Å²) < 4.78 is 14.7. The zero-order valence-corrected chi connectivity index (χ0v) is 6.34. The molecule has 0 saturated heterocycles. The Morgan fingerprint density at radius 2 is 2.10 bits per heavy atom. The normalized spacial score (nSPS) is 9.30. The van der Waals surface area contributed by atoms with Crippen molar-refractivity contribution >= 4 is 0 Å². The van der Waals surface area contributed by atoms with Crippen molar-refractivity contribution in [1.82, 2.24) is 0 Å². The second kappa shape index (κ2) is 8.46. The van der Waals surface area contributed by atoms with Gasteiger partial charge in [0.25, 0.3) is 0 Å². The summed E-state index contributed by atoms with van der Waals surface area (Å²) in [6.07, 6.45) is 1.39. The summed E-state index contributed by atoms with van der Waals surface area (Å²) in [5.41, 5.74) is 0. The van der Waals surface area contributed by atoms with Crippen LogP contribution in [0, 0.1) is 0 Å². The molecule has 0 rings (SSSR count). The van der Waals surface area contributed by atoms with Gasteiger partial charge in [0.1, 0.15) is 13.4 Å². The molecule has 0 aromatic heterocycles. The van der Waals surface area contributed by atoms with E-state index in [-0.39, 0.29) is 0 Å². The first-order valence-corrected chi connectivity index (χ1v) is 3.29. The van der Waals surface area contributed by atoms with Crippen LogP contribution < -0.4 is 0 Å². The first-order valence-electron chi connectivity index (χ1n) is 3.29. The Morgan fingerprint density at radius 3 is 2.70 bits per heavy atom. The predicted octanol–water partition coefficient (Wildman–Crippen LogP) is 1.16. The molecule has 3 nitrogen and oxygen atoms in total. The molecule has 0 unspecified atom stereocenters. The average Bonchev–Trinajstić information content (AvgIpc) is 1.97. The smallest absolute Gasteiger partial charge is 0.146 e. The SMILES string of the molecule is C=COCCOCOCC.